The lowest BCUT2D eigenvalue weighted by atomic mass is 10.2. The minimum Gasteiger partial charge on any atom is -0.406 e. The summed E-state index contributed by atoms with van der Waals surface area (Å²) in [6.45, 7) is 0. The van der Waals surface area contributed by atoms with Crippen molar-refractivity contribution in [3.63, 3.8) is 0 Å². The summed E-state index contributed by atoms with van der Waals surface area (Å²) in [5.41, 5.74) is 1.48. The van der Waals surface area contributed by atoms with Crippen molar-refractivity contribution < 1.29 is 22.7 Å². The highest BCUT2D eigenvalue weighted by atomic mass is 32.1. The minimum absolute atomic E-state index is 0.236. The lowest BCUT2D eigenvalue weighted by Crippen LogP contribution is -2.17. The van der Waals surface area contributed by atoms with Gasteiger partial charge in [-0.2, -0.15) is 0 Å². The molecule has 0 saturated heterocycles. The van der Waals surface area contributed by atoms with E-state index in [1.807, 2.05) is 30.3 Å². The largest absolute Gasteiger partial charge is 0.573 e. The van der Waals surface area contributed by atoms with E-state index in [-0.39, 0.29) is 11.4 Å². The summed E-state index contributed by atoms with van der Waals surface area (Å²) >= 11 is 1.33. The van der Waals surface area contributed by atoms with Crippen molar-refractivity contribution in [3.05, 3.63) is 65.7 Å². The standard InChI is InChI=1S/C17H11F3N2O2S/c18-17(19,20)24-13-8-6-12(7-9-13)21-15(23)14-10-25-16(22-14)11-4-2-1-3-5-11/h1-10H,(H,21,23). The van der Waals surface area contributed by atoms with Crippen LogP contribution in [0.3, 0.4) is 0 Å². The molecule has 0 unspecified atom stereocenters. The van der Waals surface area contributed by atoms with Crippen molar-refractivity contribution in [2.75, 3.05) is 5.32 Å². The number of benzene rings is 2. The quantitative estimate of drug-likeness (QED) is 0.712. The number of ether oxygens (including phenoxy) is 1. The molecule has 3 aromatic rings. The van der Waals surface area contributed by atoms with E-state index in [2.05, 4.69) is 15.0 Å². The highest BCUT2D eigenvalue weighted by Crippen LogP contribution is 2.25. The first-order valence-electron chi connectivity index (χ1n) is 7.09. The maximum atomic E-state index is 12.2. The summed E-state index contributed by atoms with van der Waals surface area (Å²) in [7, 11) is 0. The van der Waals surface area contributed by atoms with E-state index in [1.54, 1.807) is 5.38 Å². The van der Waals surface area contributed by atoms with Gasteiger partial charge in [-0.05, 0) is 24.3 Å². The molecule has 8 heteroatoms. The van der Waals surface area contributed by atoms with Gasteiger partial charge in [-0.1, -0.05) is 30.3 Å². The highest BCUT2D eigenvalue weighted by Gasteiger charge is 2.30. The van der Waals surface area contributed by atoms with E-state index in [1.165, 1.54) is 23.5 Å². The van der Waals surface area contributed by atoms with Gasteiger partial charge >= 0.3 is 6.36 Å². The molecule has 1 N–H and O–H groups in total. The van der Waals surface area contributed by atoms with Gasteiger partial charge in [0.15, 0.2) is 0 Å². The van der Waals surface area contributed by atoms with Crippen molar-refractivity contribution in [2.45, 2.75) is 6.36 Å². The van der Waals surface area contributed by atoms with Gasteiger partial charge in [0.25, 0.3) is 5.91 Å². The van der Waals surface area contributed by atoms with Crippen LogP contribution in [0.5, 0.6) is 5.75 Å². The Hall–Kier alpha value is -2.87. The molecule has 1 aromatic heterocycles. The van der Waals surface area contributed by atoms with Gasteiger partial charge in [0.05, 0.1) is 0 Å². The molecular formula is C17H11F3N2O2S. The lowest BCUT2D eigenvalue weighted by Gasteiger charge is -2.09. The summed E-state index contributed by atoms with van der Waals surface area (Å²) in [4.78, 5) is 16.5. The zero-order valence-electron chi connectivity index (χ0n) is 12.6. The summed E-state index contributed by atoms with van der Waals surface area (Å²) < 4.78 is 40.1. The van der Waals surface area contributed by atoms with Gasteiger partial charge < -0.3 is 10.1 Å². The molecule has 1 amide bonds. The second-order valence-electron chi connectivity index (χ2n) is 4.93. The number of nitrogens with one attached hydrogen (secondary N) is 1. The first-order valence-corrected chi connectivity index (χ1v) is 7.97. The van der Waals surface area contributed by atoms with Gasteiger partial charge in [0.1, 0.15) is 16.5 Å². The van der Waals surface area contributed by atoms with Crippen LogP contribution in [0.4, 0.5) is 18.9 Å². The van der Waals surface area contributed by atoms with Crippen molar-refractivity contribution in [3.8, 4) is 16.3 Å². The number of carbonyl (C=O) groups is 1. The number of hydrogen-bond donors (Lipinski definition) is 1. The predicted octanol–water partition coefficient (Wildman–Crippen LogP) is 4.96. The Labute approximate surface area is 144 Å². The number of aromatic nitrogens is 1. The first-order chi connectivity index (χ1) is 11.9. The topological polar surface area (TPSA) is 51.2 Å². The van der Waals surface area contributed by atoms with Gasteiger partial charge in [-0.15, -0.1) is 24.5 Å². The van der Waals surface area contributed by atoms with Crippen molar-refractivity contribution in [1.29, 1.82) is 0 Å². The SMILES string of the molecule is O=C(Nc1ccc(OC(F)(F)F)cc1)c1csc(-c2ccccc2)n1. The van der Waals surface area contributed by atoms with Crippen molar-refractivity contribution in [1.82, 2.24) is 4.98 Å². The number of anilines is 1. The van der Waals surface area contributed by atoms with E-state index in [9.17, 15) is 18.0 Å². The maximum absolute atomic E-state index is 12.2. The van der Waals surface area contributed by atoms with Crippen molar-refractivity contribution in [2.24, 2.45) is 0 Å². The zero-order valence-corrected chi connectivity index (χ0v) is 13.4. The van der Waals surface area contributed by atoms with E-state index >= 15 is 0 Å². The maximum Gasteiger partial charge on any atom is 0.573 e. The molecule has 0 aliphatic carbocycles. The van der Waals surface area contributed by atoms with Crippen molar-refractivity contribution >= 4 is 22.9 Å². The van der Waals surface area contributed by atoms with Crippen LogP contribution in [0.2, 0.25) is 0 Å². The Morgan fingerprint density at radius 3 is 2.36 bits per heavy atom. The lowest BCUT2D eigenvalue weighted by molar-refractivity contribution is -0.274. The number of alkyl halides is 3. The Morgan fingerprint density at radius 1 is 1.04 bits per heavy atom. The number of amides is 1. The second-order valence-corrected chi connectivity index (χ2v) is 5.79. The molecule has 3 rings (SSSR count). The molecule has 2 aromatic carbocycles. The summed E-state index contributed by atoms with van der Waals surface area (Å²) in [6.07, 6.45) is -4.75. The number of rotatable bonds is 4. The third kappa shape index (κ3) is 4.57. The number of thiazole rings is 1. The molecule has 0 radical (unpaired) electrons. The van der Waals surface area contributed by atoms with Crippen LogP contribution in [0.25, 0.3) is 10.6 Å². The molecule has 128 valence electrons. The van der Waals surface area contributed by atoms with E-state index in [0.717, 1.165) is 17.7 Å². The summed E-state index contributed by atoms with van der Waals surface area (Å²) in [6, 6.07) is 14.3. The van der Waals surface area contributed by atoms with E-state index < -0.39 is 12.3 Å². The average Bonchev–Trinajstić information content (AvgIpc) is 3.06. The number of halogens is 3. The Morgan fingerprint density at radius 2 is 1.72 bits per heavy atom. The van der Waals surface area contributed by atoms with Crippen LogP contribution < -0.4 is 10.1 Å². The van der Waals surface area contributed by atoms with Crippen LogP contribution in [0, 0.1) is 0 Å². The Kier molecular flexibility index (Phi) is 4.71. The number of carbonyl (C=O) groups excluding carboxylic acids is 1. The fourth-order valence-electron chi connectivity index (χ4n) is 2.03. The van der Waals surface area contributed by atoms with Gasteiger partial charge in [0, 0.05) is 16.6 Å². The average molecular weight is 364 g/mol. The molecule has 0 bridgehead atoms. The molecule has 0 fully saturated rings. The van der Waals surface area contributed by atoms with E-state index in [0.29, 0.717) is 10.7 Å². The summed E-state index contributed by atoms with van der Waals surface area (Å²) in [5.74, 6) is -0.798. The van der Waals surface area contributed by atoms with Crippen LogP contribution in [-0.4, -0.2) is 17.3 Å². The summed E-state index contributed by atoms with van der Waals surface area (Å²) in [5, 5.41) is 4.91. The van der Waals surface area contributed by atoms with Gasteiger partial charge in [-0.3, -0.25) is 4.79 Å². The second kappa shape index (κ2) is 6.94. The Bertz CT molecular complexity index is 862. The molecule has 1 heterocycles. The monoisotopic (exact) mass is 364 g/mol. The third-order valence-corrected chi connectivity index (χ3v) is 3.99. The molecule has 25 heavy (non-hydrogen) atoms. The molecule has 0 saturated carbocycles. The zero-order chi connectivity index (χ0) is 17.9. The minimum atomic E-state index is -4.75. The first kappa shape index (κ1) is 17.0. The van der Waals surface area contributed by atoms with Crippen LogP contribution in [-0.2, 0) is 0 Å². The molecule has 0 atom stereocenters. The normalized spacial score (nSPS) is 11.2. The number of nitrogens with zero attached hydrogens (tertiary/aromatic N) is 1. The molecule has 0 spiro atoms. The molecule has 0 aliphatic heterocycles. The Balaban J connectivity index is 1.67. The molecular weight excluding hydrogens is 353 g/mol. The van der Waals surface area contributed by atoms with Crippen LogP contribution in [0.15, 0.2) is 60.0 Å². The van der Waals surface area contributed by atoms with Gasteiger partial charge in [-0.25, -0.2) is 4.98 Å². The molecule has 0 aliphatic rings. The number of hydrogen-bond acceptors (Lipinski definition) is 4. The van der Waals surface area contributed by atoms with Crippen LogP contribution in [0.1, 0.15) is 10.5 Å². The predicted molar refractivity (Wildman–Crippen MR) is 88.6 cm³/mol. The smallest absolute Gasteiger partial charge is 0.406 e. The highest BCUT2D eigenvalue weighted by molar-refractivity contribution is 7.13. The fraction of sp³-hybridized carbons (Fsp3) is 0.0588. The fourth-order valence-corrected chi connectivity index (χ4v) is 2.83. The van der Waals surface area contributed by atoms with Crippen LogP contribution >= 0.6 is 11.3 Å². The van der Waals surface area contributed by atoms with Gasteiger partial charge in [0.2, 0.25) is 0 Å². The third-order valence-electron chi connectivity index (χ3n) is 3.10. The van der Waals surface area contributed by atoms with E-state index in [4.69, 9.17) is 0 Å². The molecule has 4 nitrogen and oxygen atoms in total.